The second-order valence-electron chi connectivity index (χ2n) is 11.0. The molecule has 1 spiro atoms. The Morgan fingerprint density at radius 3 is 2.45 bits per heavy atom. The highest BCUT2D eigenvalue weighted by Gasteiger charge is 2.72. The van der Waals surface area contributed by atoms with E-state index in [1.165, 1.54) is 23.5 Å². The van der Waals surface area contributed by atoms with Crippen molar-refractivity contribution < 1.29 is 19.3 Å². The number of fused-ring (bicyclic) bond motifs is 1. The van der Waals surface area contributed by atoms with Crippen LogP contribution in [0, 0.1) is 16.7 Å². The Morgan fingerprint density at radius 1 is 1.13 bits per heavy atom. The van der Waals surface area contributed by atoms with Crippen molar-refractivity contribution in [2.75, 3.05) is 18.3 Å². The molecule has 0 N–H and O–H groups in total. The summed E-state index contributed by atoms with van der Waals surface area (Å²) in [5, 5.41) is 0. The molecule has 3 aliphatic rings. The fraction of sp³-hybridized carbons (Fsp3) is 0.517. The molecular formula is C29H36N2O4S3. The van der Waals surface area contributed by atoms with E-state index in [1.807, 2.05) is 67.1 Å². The number of amides is 1. The standard InChI is InChI=1S/C29H36N2O4S3/c1-28(2)22-14-15-29(28)19-38(33,34)31(25(29)17-22)26(32)24(30-27(36-3)37-4)16-20-10-12-23(13-11-20)35-18-21-8-6-5-7-9-21/h5-13,22,24-25H,14-19H2,1-4H3/t22-,24+,25-,29-/m1/s1/i24D. The summed E-state index contributed by atoms with van der Waals surface area (Å²) < 4.78 is 44.1. The number of aliphatic imine (C=N–C) groups is 1. The van der Waals surface area contributed by atoms with Crippen LogP contribution in [-0.2, 0) is 27.8 Å². The van der Waals surface area contributed by atoms with Crippen molar-refractivity contribution >= 4 is 43.8 Å². The van der Waals surface area contributed by atoms with Crippen molar-refractivity contribution in [2.24, 2.45) is 21.7 Å². The van der Waals surface area contributed by atoms with Gasteiger partial charge < -0.3 is 4.74 Å². The maximum atomic E-state index is 14.2. The molecule has 0 aromatic heterocycles. The molecule has 38 heavy (non-hydrogen) atoms. The van der Waals surface area contributed by atoms with Gasteiger partial charge in [0.05, 0.1) is 13.2 Å². The Kier molecular flexibility index (Phi) is 7.29. The Labute approximate surface area is 236 Å². The van der Waals surface area contributed by atoms with Crippen molar-refractivity contribution in [3.63, 3.8) is 0 Å². The fourth-order valence-electron chi connectivity index (χ4n) is 6.77. The van der Waals surface area contributed by atoms with Crippen LogP contribution in [0.2, 0.25) is 0 Å². The first-order valence-electron chi connectivity index (χ1n) is 13.5. The van der Waals surface area contributed by atoms with Gasteiger partial charge in [-0.1, -0.05) is 56.3 Å². The van der Waals surface area contributed by atoms with Gasteiger partial charge in [0.2, 0.25) is 10.0 Å². The number of sulfonamides is 1. The van der Waals surface area contributed by atoms with Crippen molar-refractivity contribution in [3.05, 3.63) is 65.7 Å². The van der Waals surface area contributed by atoms with E-state index in [0.29, 0.717) is 29.1 Å². The normalized spacial score (nSPS) is 28.3. The van der Waals surface area contributed by atoms with Crippen LogP contribution in [0.4, 0.5) is 0 Å². The quantitative estimate of drug-likeness (QED) is 0.316. The smallest absolute Gasteiger partial charge is 0.261 e. The number of hydrogen-bond donors (Lipinski definition) is 0. The lowest BCUT2D eigenvalue weighted by molar-refractivity contribution is -0.130. The second-order valence-corrected chi connectivity index (χ2v) is 14.7. The number of nitrogens with zero attached hydrogens (tertiary/aromatic N) is 2. The molecule has 9 heteroatoms. The van der Waals surface area contributed by atoms with Gasteiger partial charge in [0, 0.05) is 11.8 Å². The zero-order chi connectivity index (χ0) is 28.1. The molecule has 2 aromatic carbocycles. The van der Waals surface area contributed by atoms with Gasteiger partial charge in [0.25, 0.3) is 5.91 Å². The highest BCUT2D eigenvalue weighted by molar-refractivity contribution is 8.38. The molecule has 2 saturated carbocycles. The predicted octanol–water partition coefficient (Wildman–Crippen LogP) is 5.63. The molecule has 1 aliphatic heterocycles. The Morgan fingerprint density at radius 2 is 1.82 bits per heavy atom. The lowest BCUT2D eigenvalue weighted by Gasteiger charge is -2.37. The van der Waals surface area contributed by atoms with Gasteiger partial charge in [0.15, 0.2) is 0 Å². The SMILES string of the molecule is [2H][C@@](Cc1ccc(OCc2ccccc2)cc1)(N=C(SC)SC)C(=O)N1[C@@H]2C[C@H]3CC[C@]2(CS1(=O)=O)C3(C)C. The van der Waals surface area contributed by atoms with Crippen LogP contribution in [0.5, 0.6) is 5.75 Å². The largest absolute Gasteiger partial charge is 0.489 e. The number of hydrogen-bond acceptors (Lipinski definition) is 7. The number of thioether (sulfide) groups is 2. The third kappa shape index (κ3) is 4.79. The second kappa shape index (κ2) is 10.5. The summed E-state index contributed by atoms with van der Waals surface area (Å²) in [4.78, 5) is 18.8. The number of ether oxygens (including phenoxy) is 1. The fourth-order valence-corrected chi connectivity index (χ4v) is 10.4. The number of benzene rings is 2. The van der Waals surface area contributed by atoms with Crippen molar-refractivity contribution in [1.82, 2.24) is 4.31 Å². The molecule has 0 radical (unpaired) electrons. The minimum Gasteiger partial charge on any atom is -0.489 e. The molecule has 2 aromatic rings. The average Bonchev–Trinajstić information content (AvgIpc) is 3.40. The minimum absolute atomic E-state index is 0.0228. The lowest BCUT2D eigenvalue weighted by Crippen LogP contribution is -2.48. The van der Waals surface area contributed by atoms with Crippen molar-refractivity contribution in [1.29, 1.82) is 0 Å². The van der Waals surface area contributed by atoms with Gasteiger partial charge in [-0.15, -0.1) is 23.5 Å². The van der Waals surface area contributed by atoms with E-state index in [9.17, 15) is 14.6 Å². The number of carbonyl (C=O) groups is 1. The highest BCUT2D eigenvalue weighted by Crippen LogP contribution is 2.70. The van der Waals surface area contributed by atoms with E-state index in [0.717, 1.165) is 28.3 Å². The highest BCUT2D eigenvalue weighted by atomic mass is 32.2. The Hall–Kier alpha value is -1.97. The molecule has 6 nitrogen and oxygen atoms in total. The third-order valence-corrected chi connectivity index (χ3v) is 12.8. The zero-order valence-corrected chi connectivity index (χ0v) is 24.8. The van der Waals surface area contributed by atoms with Crippen LogP contribution in [0.1, 0.15) is 45.6 Å². The molecule has 0 unspecified atom stereocenters. The first kappa shape index (κ1) is 26.3. The topological polar surface area (TPSA) is 76.0 Å². The van der Waals surface area contributed by atoms with E-state index in [2.05, 4.69) is 18.8 Å². The summed E-state index contributed by atoms with van der Waals surface area (Å²) >= 11 is 2.71. The van der Waals surface area contributed by atoms with Crippen LogP contribution in [-0.4, -0.2) is 53.3 Å². The zero-order valence-electron chi connectivity index (χ0n) is 23.3. The molecule has 204 valence electrons. The van der Waals surface area contributed by atoms with Gasteiger partial charge in [-0.3, -0.25) is 9.79 Å². The number of carbonyl (C=O) groups excluding carboxylic acids is 1. The van der Waals surface area contributed by atoms with E-state index < -0.39 is 33.4 Å². The van der Waals surface area contributed by atoms with Crippen LogP contribution >= 0.6 is 23.5 Å². The predicted molar refractivity (Wildman–Crippen MR) is 157 cm³/mol. The Bertz CT molecular complexity index is 1360. The molecular weight excluding hydrogens is 537 g/mol. The van der Waals surface area contributed by atoms with Crippen molar-refractivity contribution in [2.45, 2.75) is 58.2 Å². The number of rotatable bonds is 7. The van der Waals surface area contributed by atoms with E-state index in [1.54, 1.807) is 0 Å². The molecule has 1 heterocycles. The third-order valence-electron chi connectivity index (χ3n) is 8.98. The van der Waals surface area contributed by atoms with E-state index in [4.69, 9.17) is 4.74 Å². The monoisotopic (exact) mass is 573 g/mol. The van der Waals surface area contributed by atoms with Crippen molar-refractivity contribution in [3.8, 4) is 5.75 Å². The molecule has 2 bridgehead atoms. The van der Waals surface area contributed by atoms with Crippen LogP contribution in [0.25, 0.3) is 0 Å². The molecule has 4 atom stereocenters. The summed E-state index contributed by atoms with van der Waals surface area (Å²) in [6.07, 6.45) is 6.13. The minimum atomic E-state index is -3.86. The Balaban J connectivity index is 1.42. The maximum Gasteiger partial charge on any atom is 0.261 e. The molecule has 5 rings (SSSR count). The maximum absolute atomic E-state index is 14.2. The molecule has 1 saturated heterocycles. The van der Waals surface area contributed by atoms with Gasteiger partial charge in [-0.25, -0.2) is 12.7 Å². The summed E-state index contributed by atoms with van der Waals surface area (Å²) in [5.41, 5.74) is 1.17. The summed E-state index contributed by atoms with van der Waals surface area (Å²) in [7, 11) is -3.86. The summed E-state index contributed by atoms with van der Waals surface area (Å²) in [6, 6.07) is 14.8. The molecule has 2 aliphatic carbocycles. The first-order valence-corrected chi connectivity index (χ1v) is 17.0. The van der Waals surface area contributed by atoms with Gasteiger partial charge in [0.1, 0.15) is 22.8 Å². The van der Waals surface area contributed by atoms with E-state index in [-0.39, 0.29) is 17.6 Å². The molecule has 3 fully saturated rings. The summed E-state index contributed by atoms with van der Waals surface area (Å²) in [5.74, 6) is 0.298. The average molecular weight is 574 g/mol. The summed E-state index contributed by atoms with van der Waals surface area (Å²) in [6.45, 7) is 4.74. The molecule has 1 amide bonds. The lowest BCUT2D eigenvalue weighted by atomic mass is 9.69. The van der Waals surface area contributed by atoms with Crippen LogP contribution in [0.3, 0.4) is 0 Å². The first-order chi connectivity index (χ1) is 18.5. The van der Waals surface area contributed by atoms with Gasteiger partial charge in [-0.05, 0) is 66.4 Å². The van der Waals surface area contributed by atoms with Crippen LogP contribution in [0.15, 0.2) is 59.6 Å². The van der Waals surface area contributed by atoms with Gasteiger partial charge >= 0.3 is 0 Å². The van der Waals surface area contributed by atoms with E-state index >= 15 is 0 Å². The van der Waals surface area contributed by atoms with Gasteiger partial charge in [-0.2, -0.15) is 0 Å². The van der Waals surface area contributed by atoms with Crippen LogP contribution < -0.4 is 4.74 Å².